The SMILES string of the molecule is Cc1ccc(-c2oc3c(C)cc(C)cc3c(=O)c2OCC(=O)c2cccc3ccccc23)cc1. The van der Waals surface area contributed by atoms with Crippen LogP contribution in [0.5, 0.6) is 5.75 Å². The lowest BCUT2D eigenvalue weighted by molar-refractivity contribution is 0.0922. The summed E-state index contributed by atoms with van der Waals surface area (Å²) in [4.78, 5) is 26.7. The highest BCUT2D eigenvalue weighted by atomic mass is 16.5. The zero-order chi connectivity index (χ0) is 23.8. The van der Waals surface area contributed by atoms with Crippen molar-refractivity contribution in [3.8, 4) is 17.1 Å². The van der Waals surface area contributed by atoms with E-state index in [2.05, 4.69) is 0 Å². The number of hydrogen-bond acceptors (Lipinski definition) is 4. The summed E-state index contributed by atoms with van der Waals surface area (Å²) in [6, 6.07) is 24.8. The minimum atomic E-state index is -0.283. The molecule has 0 aliphatic rings. The summed E-state index contributed by atoms with van der Waals surface area (Å²) >= 11 is 0. The monoisotopic (exact) mass is 448 g/mol. The van der Waals surface area contributed by atoms with Gasteiger partial charge in [0.1, 0.15) is 5.58 Å². The van der Waals surface area contributed by atoms with Crippen molar-refractivity contribution in [1.82, 2.24) is 0 Å². The Hall–Kier alpha value is -4.18. The third-order valence-corrected chi connectivity index (χ3v) is 6.03. The molecule has 0 aliphatic carbocycles. The third-order valence-electron chi connectivity index (χ3n) is 6.03. The summed E-state index contributed by atoms with van der Waals surface area (Å²) in [7, 11) is 0. The average molecular weight is 449 g/mol. The van der Waals surface area contributed by atoms with Crippen molar-refractivity contribution < 1.29 is 13.9 Å². The lowest BCUT2D eigenvalue weighted by Gasteiger charge is -2.13. The lowest BCUT2D eigenvalue weighted by atomic mass is 10.0. The molecule has 5 aromatic rings. The van der Waals surface area contributed by atoms with Crippen LogP contribution in [0, 0.1) is 20.8 Å². The van der Waals surface area contributed by atoms with Gasteiger partial charge in [-0.05, 0) is 48.7 Å². The van der Waals surface area contributed by atoms with Crippen LogP contribution in [-0.4, -0.2) is 12.4 Å². The Morgan fingerprint density at radius 2 is 1.56 bits per heavy atom. The van der Waals surface area contributed by atoms with E-state index in [0.29, 0.717) is 22.3 Å². The summed E-state index contributed by atoms with van der Waals surface area (Å²) < 4.78 is 12.2. The standard InChI is InChI=1S/C30H24O4/c1-18-11-13-22(14-12-18)29-30(27(32)25-16-19(2)15-20(3)28(25)34-29)33-17-26(31)24-10-6-8-21-7-4-5-9-23(21)24/h4-16H,17H2,1-3H3. The summed E-state index contributed by atoms with van der Waals surface area (Å²) in [6.07, 6.45) is 0. The molecule has 34 heavy (non-hydrogen) atoms. The predicted octanol–water partition coefficient (Wildman–Crippen LogP) is 6.80. The number of aryl methyl sites for hydroxylation is 3. The number of ketones is 1. The van der Waals surface area contributed by atoms with E-state index in [9.17, 15) is 9.59 Å². The third kappa shape index (κ3) is 3.88. The van der Waals surface area contributed by atoms with E-state index in [0.717, 1.165) is 33.0 Å². The number of hydrogen-bond donors (Lipinski definition) is 0. The first-order chi connectivity index (χ1) is 16.4. The normalized spacial score (nSPS) is 11.1. The Kier molecular flexibility index (Phi) is 5.50. The molecule has 1 aromatic heterocycles. The maximum atomic E-state index is 13.6. The minimum Gasteiger partial charge on any atom is -0.478 e. The van der Waals surface area contributed by atoms with E-state index in [1.165, 1.54) is 0 Å². The van der Waals surface area contributed by atoms with Gasteiger partial charge in [-0.25, -0.2) is 0 Å². The van der Waals surface area contributed by atoms with Gasteiger partial charge in [-0.2, -0.15) is 0 Å². The second-order valence-corrected chi connectivity index (χ2v) is 8.65. The fourth-order valence-electron chi connectivity index (χ4n) is 4.34. The van der Waals surface area contributed by atoms with Crippen LogP contribution in [-0.2, 0) is 0 Å². The summed E-state index contributed by atoms with van der Waals surface area (Å²) in [5.74, 6) is 0.177. The predicted molar refractivity (Wildman–Crippen MR) is 136 cm³/mol. The van der Waals surface area contributed by atoms with Gasteiger partial charge < -0.3 is 9.15 Å². The molecule has 5 rings (SSSR count). The van der Waals surface area contributed by atoms with E-state index >= 15 is 0 Å². The molecular weight excluding hydrogens is 424 g/mol. The van der Waals surface area contributed by atoms with Crippen LogP contribution in [0.1, 0.15) is 27.0 Å². The van der Waals surface area contributed by atoms with Gasteiger partial charge >= 0.3 is 0 Å². The van der Waals surface area contributed by atoms with Crippen molar-refractivity contribution >= 4 is 27.5 Å². The molecule has 168 valence electrons. The number of benzene rings is 4. The topological polar surface area (TPSA) is 56.5 Å². The Labute approximate surface area is 197 Å². The second-order valence-electron chi connectivity index (χ2n) is 8.65. The molecule has 0 bridgehead atoms. The molecule has 0 N–H and O–H groups in total. The van der Waals surface area contributed by atoms with Crippen LogP contribution in [0.25, 0.3) is 33.1 Å². The fraction of sp³-hybridized carbons (Fsp3) is 0.133. The number of ether oxygens (including phenoxy) is 1. The van der Waals surface area contributed by atoms with Gasteiger partial charge in [0.2, 0.25) is 17.0 Å². The zero-order valence-electron chi connectivity index (χ0n) is 19.3. The molecule has 0 aliphatic heterocycles. The smallest absolute Gasteiger partial charge is 0.235 e. The van der Waals surface area contributed by atoms with E-state index in [-0.39, 0.29) is 23.6 Å². The van der Waals surface area contributed by atoms with Gasteiger partial charge in [0.15, 0.2) is 12.4 Å². The molecule has 0 saturated carbocycles. The second kappa shape index (κ2) is 8.64. The first-order valence-corrected chi connectivity index (χ1v) is 11.2. The molecule has 4 heteroatoms. The Morgan fingerprint density at radius 3 is 2.35 bits per heavy atom. The molecule has 4 nitrogen and oxygen atoms in total. The van der Waals surface area contributed by atoms with Gasteiger partial charge in [-0.3, -0.25) is 9.59 Å². The van der Waals surface area contributed by atoms with Gasteiger partial charge in [0.25, 0.3) is 0 Å². The molecule has 0 saturated heterocycles. The Bertz CT molecular complexity index is 1600. The molecule has 0 amide bonds. The molecule has 1 heterocycles. The van der Waals surface area contributed by atoms with Crippen molar-refractivity contribution in [1.29, 1.82) is 0 Å². The molecule has 0 fully saturated rings. The quantitative estimate of drug-likeness (QED) is 0.278. The maximum Gasteiger partial charge on any atom is 0.235 e. The van der Waals surface area contributed by atoms with Gasteiger partial charge in [0, 0.05) is 11.1 Å². The van der Waals surface area contributed by atoms with Gasteiger partial charge in [0.05, 0.1) is 5.39 Å². The highest BCUT2D eigenvalue weighted by molar-refractivity contribution is 6.08. The first kappa shape index (κ1) is 21.7. The van der Waals surface area contributed by atoms with Crippen molar-refractivity contribution in [3.05, 3.63) is 111 Å². The Morgan fingerprint density at radius 1 is 0.824 bits per heavy atom. The number of fused-ring (bicyclic) bond motifs is 2. The molecule has 0 spiro atoms. The van der Waals surface area contributed by atoms with Gasteiger partial charge in [-0.1, -0.05) is 78.4 Å². The molecule has 0 atom stereocenters. The summed E-state index contributed by atoms with van der Waals surface area (Å²) in [5, 5.41) is 2.28. The lowest BCUT2D eigenvalue weighted by Crippen LogP contribution is -2.17. The largest absolute Gasteiger partial charge is 0.478 e. The van der Waals surface area contributed by atoms with Gasteiger partial charge in [-0.15, -0.1) is 0 Å². The highest BCUT2D eigenvalue weighted by Gasteiger charge is 2.21. The molecular formula is C30H24O4. The zero-order valence-corrected chi connectivity index (χ0v) is 19.3. The van der Waals surface area contributed by atoms with Crippen LogP contribution in [0.15, 0.2) is 88.1 Å². The van der Waals surface area contributed by atoms with Crippen LogP contribution in [0.3, 0.4) is 0 Å². The first-order valence-electron chi connectivity index (χ1n) is 11.2. The van der Waals surface area contributed by atoms with Crippen LogP contribution >= 0.6 is 0 Å². The van der Waals surface area contributed by atoms with Crippen LogP contribution < -0.4 is 10.2 Å². The van der Waals surface area contributed by atoms with E-state index in [4.69, 9.17) is 9.15 Å². The highest BCUT2D eigenvalue weighted by Crippen LogP contribution is 2.33. The molecule has 0 radical (unpaired) electrons. The van der Waals surface area contributed by atoms with Crippen molar-refractivity contribution in [2.24, 2.45) is 0 Å². The van der Waals surface area contributed by atoms with E-state index < -0.39 is 0 Å². The van der Waals surface area contributed by atoms with Crippen molar-refractivity contribution in [2.75, 3.05) is 6.61 Å². The maximum absolute atomic E-state index is 13.6. The van der Waals surface area contributed by atoms with E-state index in [1.807, 2.05) is 87.5 Å². The average Bonchev–Trinajstić information content (AvgIpc) is 2.84. The van der Waals surface area contributed by atoms with Crippen molar-refractivity contribution in [2.45, 2.75) is 20.8 Å². The van der Waals surface area contributed by atoms with E-state index in [1.54, 1.807) is 12.1 Å². The van der Waals surface area contributed by atoms with Crippen LogP contribution in [0.4, 0.5) is 0 Å². The minimum absolute atomic E-state index is 0.0509. The number of carbonyl (C=O) groups excluding carboxylic acids is 1. The number of Topliss-reactive ketones (excluding diaryl/α,β-unsaturated/α-hetero) is 1. The Balaban J connectivity index is 1.61. The van der Waals surface area contributed by atoms with Crippen molar-refractivity contribution in [3.63, 3.8) is 0 Å². The number of rotatable bonds is 5. The fourth-order valence-corrected chi connectivity index (χ4v) is 4.34. The summed E-state index contributed by atoms with van der Waals surface area (Å²) in [5.41, 5.74) is 4.45. The molecule has 0 unspecified atom stereocenters. The number of carbonyl (C=O) groups is 1. The molecule has 4 aromatic carbocycles. The summed E-state index contributed by atoms with van der Waals surface area (Å²) in [6.45, 7) is 5.58. The van der Waals surface area contributed by atoms with Crippen LogP contribution in [0.2, 0.25) is 0 Å².